The summed E-state index contributed by atoms with van der Waals surface area (Å²) in [5.74, 6) is 0.0899. The second kappa shape index (κ2) is 5.60. The molecule has 0 spiro atoms. The number of hydrogen-bond donors (Lipinski definition) is 2. The van der Waals surface area contributed by atoms with Crippen molar-refractivity contribution in [2.75, 3.05) is 6.61 Å². The summed E-state index contributed by atoms with van der Waals surface area (Å²) in [6.07, 6.45) is 4.22. The van der Waals surface area contributed by atoms with Gasteiger partial charge in [-0.15, -0.1) is 11.3 Å². The molecule has 1 heterocycles. The van der Waals surface area contributed by atoms with E-state index < -0.39 is 0 Å². The van der Waals surface area contributed by atoms with E-state index in [1.165, 1.54) is 11.3 Å². The number of carbonyl (C=O) groups is 1. The molecule has 5 heteroatoms. The van der Waals surface area contributed by atoms with Crippen LogP contribution in [0.25, 0.3) is 0 Å². The number of carbonyl (C=O) groups excluding carboxylic acids is 1. The smallest absolute Gasteiger partial charge is 0.270 e. The molecule has 1 aliphatic carbocycles. The molecule has 94 valence electrons. The van der Waals surface area contributed by atoms with Crippen molar-refractivity contribution in [1.82, 2.24) is 10.3 Å². The van der Waals surface area contributed by atoms with Crippen LogP contribution in [0.4, 0.5) is 0 Å². The standard InChI is InChI=1S/C12H18N2O2S/c1-8-13-11(7-17-8)12(16)14-10-5-3-2-4-9(10)6-15/h7,9-10,15H,2-6H2,1H3,(H,14,16). The number of aliphatic hydroxyl groups is 1. The quantitative estimate of drug-likeness (QED) is 0.863. The maximum Gasteiger partial charge on any atom is 0.270 e. The van der Waals surface area contributed by atoms with Crippen molar-refractivity contribution in [3.63, 3.8) is 0 Å². The van der Waals surface area contributed by atoms with E-state index in [1.54, 1.807) is 5.38 Å². The lowest BCUT2D eigenvalue weighted by Crippen LogP contribution is -2.43. The number of nitrogens with one attached hydrogen (secondary N) is 1. The van der Waals surface area contributed by atoms with Crippen LogP contribution >= 0.6 is 11.3 Å². The highest BCUT2D eigenvalue weighted by molar-refractivity contribution is 7.09. The second-order valence-electron chi connectivity index (χ2n) is 4.56. The van der Waals surface area contributed by atoms with Crippen LogP contribution in [0.5, 0.6) is 0 Å². The van der Waals surface area contributed by atoms with Crippen molar-refractivity contribution in [3.8, 4) is 0 Å². The molecule has 2 rings (SSSR count). The molecule has 4 nitrogen and oxygen atoms in total. The maximum absolute atomic E-state index is 11.9. The van der Waals surface area contributed by atoms with Crippen LogP contribution in [0.1, 0.15) is 41.2 Å². The van der Waals surface area contributed by atoms with E-state index in [0.717, 1.165) is 30.7 Å². The van der Waals surface area contributed by atoms with Gasteiger partial charge in [-0.1, -0.05) is 12.8 Å². The Balaban J connectivity index is 1.97. The predicted molar refractivity (Wildman–Crippen MR) is 67.1 cm³/mol. The monoisotopic (exact) mass is 254 g/mol. The first-order chi connectivity index (χ1) is 8.20. The highest BCUT2D eigenvalue weighted by atomic mass is 32.1. The van der Waals surface area contributed by atoms with Crippen molar-refractivity contribution in [1.29, 1.82) is 0 Å². The summed E-state index contributed by atoms with van der Waals surface area (Å²) in [5, 5.41) is 15.0. The topological polar surface area (TPSA) is 62.2 Å². The number of nitrogens with zero attached hydrogens (tertiary/aromatic N) is 1. The molecule has 0 radical (unpaired) electrons. The molecular weight excluding hydrogens is 236 g/mol. The number of aryl methyl sites for hydroxylation is 1. The van der Waals surface area contributed by atoms with Crippen molar-refractivity contribution < 1.29 is 9.90 Å². The molecule has 1 aromatic rings. The van der Waals surface area contributed by atoms with Crippen molar-refractivity contribution in [2.24, 2.45) is 5.92 Å². The molecule has 17 heavy (non-hydrogen) atoms. The van der Waals surface area contributed by atoms with E-state index in [2.05, 4.69) is 10.3 Å². The van der Waals surface area contributed by atoms with E-state index in [9.17, 15) is 9.90 Å². The Morgan fingerprint density at radius 1 is 1.59 bits per heavy atom. The molecule has 0 bridgehead atoms. The summed E-state index contributed by atoms with van der Waals surface area (Å²) in [5.41, 5.74) is 0.495. The Hall–Kier alpha value is -0.940. The molecule has 1 saturated carbocycles. The normalized spacial score (nSPS) is 24.6. The van der Waals surface area contributed by atoms with Gasteiger partial charge in [0.05, 0.1) is 5.01 Å². The lowest BCUT2D eigenvalue weighted by atomic mass is 9.85. The van der Waals surface area contributed by atoms with Gasteiger partial charge in [0, 0.05) is 23.9 Å². The van der Waals surface area contributed by atoms with Crippen LogP contribution in [0.2, 0.25) is 0 Å². The number of aromatic nitrogens is 1. The average molecular weight is 254 g/mol. The van der Waals surface area contributed by atoms with Gasteiger partial charge in [-0.2, -0.15) is 0 Å². The minimum Gasteiger partial charge on any atom is -0.396 e. The molecule has 0 saturated heterocycles. The first kappa shape index (κ1) is 12.5. The molecule has 1 aromatic heterocycles. The number of rotatable bonds is 3. The van der Waals surface area contributed by atoms with Gasteiger partial charge in [0.2, 0.25) is 0 Å². The van der Waals surface area contributed by atoms with Crippen LogP contribution in [0.3, 0.4) is 0 Å². The molecule has 0 aromatic carbocycles. The van der Waals surface area contributed by atoms with Gasteiger partial charge in [0.1, 0.15) is 5.69 Å². The highest BCUT2D eigenvalue weighted by Gasteiger charge is 2.26. The first-order valence-electron chi connectivity index (χ1n) is 6.04. The van der Waals surface area contributed by atoms with Crippen LogP contribution < -0.4 is 5.32 Å². The SMILES string of the molecule is Cc1nc(C(=O)NC2CCCCC2CO)cs1. The molecular formula is C12H18N2O2S. The summed E-state index contributed by atoms with van der Waals surface area (Å²) in [6, 6.07) is 0.100. The molecule has 0 aliphatic heterocycles. The Morgan fingerprint density at radius 3 is 3.00 bits per heavy atom. The van der Waals surface area contributed by atoms with Gasteiger partial charge in [-0.25, -0.2) is 4.98 Å². The largest absolute Gasteiger partial charge is 0.396 e. The summed E-state index contributed by atoms with van der Waals surface area (Å²) in [6.45, 7) is 2.04. The number of hydrogen-bond acceptors (Lipinski definition) is 4. The van der Waals surface area contributed by atoms with Crippen molar-refractivity contribution in [2.45, 2.75) is 38.6 Å². The Bertz CT molecular complexity index is 392. The van der Waals surface area contributed by atoms with E-state index in [4.69, 9.17) is 0 Å². The summed E-state index contributed by atoms with van der Waals surface area (Å²) in [7, 11) is 0. The van der Waals surface area contributed by atoms with Crippen molar-refractivity contribution in [3.05, 3.63) is 16.1 Å². The molecule has 2 atom stereocenters. The lowest BCUT2D eigenvalue weighted by Gasteiger charge is -2.30. The number of aliphatic hydroxyl groups excluding tert-OH is 1. The minimum absolute atomic E-state index is 0.100. The average Bonchev–Trinajstić information content (AvgIpc) is 2.77. The summed E-state index contributed by atoms with van der Waals surface area (Å²) in [4.78, 5) is 16.1. The zero-order valence-electron chi connectivity index (χ0n) is 9.98. The fourth-order valence-electron chi connectivity index (χ4n) is 2.33. The van der Waals surface area contributed by atoms with Crippen LogP contribution in [0, 0.1) is 12.8 Å². The Kier molecular flexibility index (Phi) is 4.12. The van der Waals surface area contributed by atoms with Gasteiger partial charge in [0.25, 0.3) is 5.91 Å². The molecule has 1 amide bonds. The lowest BCUT2D eigenvalue weighted by molar-refractivity contribution is 0.0868. The third kappa shape index (κ3) is 3.04. The minimum atomic E-state index is -0.111. The van der Waals surface area contributed by atoms with Gasteiger partial charge >= 0.3 is 0 Å². The highest BCUT2D eigenvalue weighted by Crippen LogP contribution is 2.24. The van der Waals surface area contributed by atoms with Gasteiger partial charge in [-0.3, -0.25) is 4.79 Å². The third-order valence-electron chi connectivity index (χ3n) is 3.31. The van der Waals surface area contributed by atoms with E-state index in [0.29, 0.717) is 5.69 Å². The van der Waals surface area contributed by atoms with Crippen molar-refractivity contribution >= 4 is 17.2 Å². The van der Waals surface area contributed by atoms with Gasteiger partial charge in [0.15, 0.2) is 0 Å². The van der Waals surface area contributed by atoms with Crippen LogP contribution in [0.15, 0.2) is 5.38 Å². The fourth-order valence-corrected chi connectivity index (χ4v) is 2.92. The summed E-state index contributed by atoms with van der Waals surface area (Å²) >= 11 is 1.48. The van der Waals surface area contributed by atoms with Gasteiger partial charge in [-0.05, 0) is 19.8 Å². The third-order valence-corrected chi connectivity index (χ3v) is 4.09. The zero-order valence-corrected chi connectivity index (χ0v) is 10.8. The fraction of sp³-hybridized carbons (Fsp3) is 0.667. The number of amides is 1. The van der Waals surface area contributed by atoms with Crippen LogP contribution in [-0.4, -0.2) is 28.6 Å². The Morgan fingerprint density at radius 2 is 2.35 bits per heavy atom. The molecule has 1 aliphatic rings. The van der Waals surface area contributed by atoms with Crippen LogP contribution in [-0.2, 0) is 0 Å². The maximum atomic E-state index is 11.9. The predicted octanol–water partition coefficient (Wildman–Crippen LogP) is 1.73. The van der Waals surface area contributed by atoms with E-state index >= 15 is 0 Å². The molecule has 1 fully saturated rings. The first-order valence-corrected chi connectivity index (χ1v) is 6.92. The van der Waals surface area contributed by atoms with E-state index in [-0.39, 0.29) is 24.5 Å². The molecule has 2 unspecified atom stereocenters. The van der Waals surface area contributed by atoms with E-state index in [1.807, 2.05) is 6.92 Å². The zero-order chi connectivity index (χ0) is 12.3. The van der Waals surface area contributed by atoms with Gasteiger partial charge < -0.3 is 10.4 Å². The number of thiazole rings is 1. The second-order valence-corrected chi connectivity index (χ2v) is 5.62. The summed E-state index contributed by atoms with van der Waals surface area (Å²) < 4.78 is 0. The Labute approximate surface area is 105 Å². The molecule has 2 N–H and O–H groups in total.